The van der Waals surface area contributed by atoms with Crippen LogP contribution in [0.5, 0.6) is 0 Å². The first-order chi connectivity index (χ1) is 8.09. The lowest BCUT2D eigenvalue weighted by Crippen LogP contribution is -3.17. The van der Waals surface area contributed by atoms with Crippen molar-refractivity contribution in [3.05, 3.63) is 11.6 Å². The van der Waals surface area contributed by atoms with Gasteiger partial charge in [-0.15, -0.1) is 0 Å². The molecule has 4 saturated heterocycles. The van der Waals surface area contributed by atoms with Gasteiger partial charge < -0.3 is 14.9 Å². The van der Waals surface area contributed by atoms with Crippen molar-refractivity contribution in [1.29, 1.82) is 0 Å². The van der Waals surface area contributed by atoms with Gasteiger partial charge in [-0.3, -0.25) is 0 Å². The van der Waals surface area contributed by atoms with E-state index in [1.165, 1.54) is 44.8 Å². The first-order valence-electron chi connectivity index (χ1n) is 7.08. The Labute approximate surface area is 104 Å². The number of hydrogen-bond acceptors (Lipinski definition) is 1. The van der Waals surface area contributed by atoms with Crippen LogP contribution in [0.1, 0.15) is 20.3 Å². The van der Waals surface area contributed by atoms with Crippen molar-refractivity contribution in [2.24, 2.45) is 11.3 Å². The van der Waals surface area contributed by atoms with Crippen LogP contribution in [-0.4, -0.2) is 50.5 Å². The molecule has 4 heterocycles. The van der Waals surface area contributed by atoms with Gasteiger partial charge >= 0.3 is 0 Å². The number of allylic oxidation sites excluding steroid dienone is 2. The Bertz CT molecular complexity index is 319. The minimum atomic E-state index is -0.0521. The number of piperidine rings is 2. The summed E-state index contributed by atoms with van der Waals surface area (Å²) in [5, 5.41) is 10.7. The Balaban J connectivity index is 1.89. The molecule has 96 valence electrons. The summed E-state index contributed by atoms with van der Waals surface area (Å²) in [5.74, 6) is 0.551. The zero-order valence-corrected chi connectivity index (χ0v) is 11.1. The summed E-state index contributed by atoms with van der Waals surface area (Å²) in [4.78, 5) is 3.49. The van der Waals surface area contributed by atoms with E-state index in [-0.39, 0.29) is 11.5 Å². The topological polar surface area (TPSA) is 29.1 Å². The molecule has 4 bridgehead atoms. The second-order valence-corrected chi connectivity index (χ2v) is 6.81. The van der Waals surface area contributed by atoms with Crippen LogP contribution in [0.4, 0.5) is 0 Å². The zero-order chi connectivity index (χ0) is 12.0. The molecule has 0 aromatic carbocycles. The molecule has 0 aromatic rings. The highest BCUT2D eigenvalue weighted by atomic mass is 16.3. The number of rotatable bonds is 2. The summed E-state index contributed by atoms with van der Waals surface area (Å²) < 4.78 is 0. The minimum Gasteiger partial charge on any atom is -0.391 e. The molecule has 0 aromatic heterocycles. The molecule has 0 saturated carbocycles. The van der Waals surface area contributed by atoms with E-state index in [0.717, 1.165) is 6.42 Å². The third-order valence-corrected chi connectivity index (χ3v) is 5.13. The largest absolute Gasteiger partial charge is 0.391 e. The molecule has 4 aliphatic heterocycles. The van der Waals surface area contributed by atoms with Crippen molar-refractivity contribution < 1.29 is 14.9 Å². The van der Waals surface area contributed by atoms with E-state index in [4.69, 9.17) is 0 Å². The van der Waals surface area contributed by atoms with Crippen molar-refractivity contribution in [2.45, 2.75) is 26.4 Å². The Morgan fingerprint density at radius 3 is 2.35 bits per heavy atom. The highest BCUT2D eigenvalue weighted by molar-refractivity contribution is 5.03. The molecular weight excluding hydrogens is 212 g/mol. The number of aliphatic hydroxyl groups is 1. The van der Waals surface area contributed by atoms with Crippen molar-refractivity contribution in [3.8, 4) is 0 Å². The van der Waals surface area contributed by atoms with Crippen molar-refractivity contribution in [1.82, 2.24) is 0 Å². The van der Waals surface area contributed by atoms with Gasteiger partial charge in [0.25, 0.3) is 0 Å². The molecule has 3 atom stereocenters. The average molecular weight is 238 g/mol. The van der Waals surface area contributed by atoms with Gasteiger partial charge in [0.2, 0.25) is 0 Å². The monoisotopic (exact) mass is 238 g/mol. The summed E-state index contributed by atoms with van der Waals surface area (Å²) in [6, 6.07) is 0. The van der Waals surface area contributed by atoms with E-state index in [9.17, 15) is 5.11 Å². The van der Waals surface area contributed by atoms with Gasteiger partial charge in [-0.25, -0.2) is 0 Å². The maximum atomic E-state index is 10.7. The fourth-order valence-electron chi connectivity index (χ4n) is 4.36. The van der Waals surface area contributed by atoms with Gasteiger partial charge in [-0.2, -0.15) is 0 Å². The fraction of sp³-hybridized carbons (Fsp3) is 0.857. The molecule has 4 fully saturated rings. The Hall–Kier alpha value is -0.380. The molecule has 0 radical (unpaired) electrons. The number of hydrogen-bond donors (Lipinski definition) is 3. The fourth-order valence-corrected chi connectivity index (χ4v) is 4.36. The molecule has 17 heavy (non-hydrogen) atoms. The lowest BCUT2D eigenvalue weighted by atomic mass is 9.68. The van der Waals surface area contributed by atoms with Crippen LogP contribution in [0.25, 0.3) is 0 Å². The Morgan fingerprint density at radius 2 is 1.82 bits per heavy atom. The lowest BCUT2D eigenvalue weighted by molar-refractivity contribution is -0.918. The van der Waals surface area contributed by atoms with Gasteiger partial charge in [0.05, 0.1) is 43.6 Å². The first kappa shape index (κ1) is 11.7. The molecule has 0 amide bonds. The molecule has 0 aliphatic carbocycles. The highest BCUT2D eigenvalue weighted by Crippen LogP contribution is 2.34. The van der Waals surface area contributed by atoms with Crippen molar-refractivity contribution in [3.63, 3.8) is 0 Å². The van der Waals surface area contributed by atoms with E-state index < -0.39 is 0 Å². The van der Waals surface area contributed by atoms with Crippen LogP contribution >= 0.6 is 0 Å². The molecule has 4 rings (SSSR count). The summed E-state index contributed by atoms with van der Waals surface area (Å²) in [5.41, 5.74) is 1.57. The number of aliphatic hydroxyl groups excluding tert-OH is 1. The third-order valence-electron chi connectivity index (χ3n) is 5.13. The SMILES string of the molecule is CC(C)=CCC12C[NH+]3CC[NH+](CC(C3)[C@@H]1O)C2. The first-order valence-corrected chi connectivity index (χ1v) is 7.08. The smallest absolute Gasteiger partial charge is 0.127 e. The molecular formula is C14H26N2O+2. The van der Waals surface area contributed by atoms with Gasteiger partial charge in [0.15, 0.2) is 0 Å². The molecule has 3 N–H and O–H groups in total. The van der Waals surface area contributed by atoms with Gasteiger partial charge in [-0.05, 0) is 20.3 Å². The van der Waals surface area contributed by atoms with E-state index in [1.807, 2.05) is 0 Å². The average Bonchev–Trinajstić information content (AvgIpc) is 2.51. The van der Waals surface area contributed by atoms with E-state index >= 15 is 0 Å². The van der Waals surface area contributed by atoms with Crippen LogP contribution in [0.2, 0.25) is 0 Å². The summed E-state index contributed by atoms with van der Waals surface area (Å²) >= 11 is 0. The standard InChI is InChI=1S/C14H24N2O/c1-11(2)3-4-14-9-15-5-6-16(10-14)8-12(7-15)13(14)17/h3,12-13,17H,4-10H2,1-2H3/p+2/t12?,13-,14?/m0/s1. The maximum absolute atomic E-state index is 10.7. The van der Waals surface area contributed by atoms with E-state index in [0.29, 0.717) is 5.92 Å². The van der Waals surface area contributed by atoms with Crippen LogP contribution in [0.15, 0.2) is 11.6 Å². The molecule has 0 spiro atoms. The van der Waals surface area contributed by atoms with Gasteiger partial charge in [-0.1, -0.05) is 11.6 Å². The van der Waals surface area contributed by atoms with Crippen LogP contribution < -0.4 is 9.80 Å². The maximum Gasteiger partial charge on any atom is 0.127 e. The normalized spacial score (nSPS) is 47.9. The summed E-state index contributed by atoms with van der Waals surface area (Å²) in [7, 11) is 0. The summed E-state index contributed by atoms with van der Waals surface area (Å²) in [6.07, 6.45) is 3.38. The van der Waals surface area contributed by atoms with Crippen LogP contribution in [0.3, 0.4) is 0 Å². The number of quaternary nitrogens is 2. The third kappa shape index (κ3) is 1.94. The molecule has 3 heteroatoms. The predicted octanol–water partition coefficient (Wildman–Crippen LogP) is -1.88. The Morgan fingerprint density at radius 1 is 1.24 bits per heavy atom. The lowest BCUT2D eigenvalue weighted by Gasteiger charge is -2.48. The second-order valence-electron chi connectivity index (χ2n) is 6.81. The molecule has 2 unspecified atom stereocenters. The number of fused-ring (bicyclic) bond motifs is 1. The quantitative estimate of drug-likeness (QED) is 0.483. The zero-order valence-electron chi connectivity index (χ0n) is 11.1. The van der Waals surface area contributed by atoms with Crippen LogP contribution in [-0.2, 0) is 0 Å². The van der Waals surface area contributed by atoms with E-state index in [1.54, 1.807) is 9.80 Å². The molecule has 3 nitrogen and oxygen atoms in total. The predicted molar refractivity (Wildman–Crippen MR) is 67.1 cm³/mol. The van der Waals surface area contributed by atoms with Gasteiger partial charge in [0.1, 0.15) is 13.1 Å². The minimum absolute atomic E-state index is 0.0521. The molecule has 4 aliphatic rings. The number of nitrogens with one attached hydrogen (secondary N) is 2. The van der Waals surface area contributed by atoms with E-state index in [2.05, 4.69) is 19.9 Å². The van der Waals surface area contributed by atoms with Crippen molar-refractivity contribution >= 4 is 0 Å². The summed E-state index contributed by atoms with van der Waals surface area (Å²) in [6.45, 7) is 11.8. The van der Waals surface area contributed by atoms with Gasteiger partial charge in [0, 0.05) is 0 Å². The van der Waals surface area contributed by atoms with Crippen molar-refractivity contribution in [2.75, 3.05) is 39.3 Å². The Kier molecular flexibility index (Phi) is 2.80. The second kappa shape index (κ2) is 4.08. The highest BCUT2D eigenvalue weighted by Gasteiger charge is 2.58. The van der Waals surface area contributed by atoms with Crippen LogP contribution in [0, 0.1) is 11.3 Å².